The van der Waals surface area contributed by atoms with E-state index >= 15 is 0 Å². The maximum absolute atomic E-state index is 13.5. The van der Waals surface area contributed by atoms with Gasteiger partial charge in [0.05, 0.1) is 23.8 Å². The molecule has 4 aromatic rings. The fourth-order valence-electron chi connectivity index (χ4n) is 5.07. The molecule has 25 heteroatoms. The summed E-state index contributed by atoms with van der Waals surface area (Å²) in [6.07, 6.45) is 2.81. The summed E-state index contributed by atoms with van der Waals surface area (Å²) in [5.74, 6) is -1.39. The van der Waals surface area contributed by atoms with Crippen molar-refractivity contribution in [1.82, 2.24) is 46.0 Å². The number of tetrazole rings is 1. The summed E-state index contributed by atoms with van der Waals surface area (Å²) < 4.78 is 45.7. The molecule has 1 aliphatic heterocycles. The second kappa shape index (κ2) is 16.9. The number of nitrogens with two attached hydrogens (primary N) is 1. The molecule has 0 unspecified atom stereocenters. The number of aromatic amines is 1. The Bertz CT molecular complexity index is 2150. The molecule has 6 N–H and O–H groups in total. The highest BCUT2D eigenvalue weighted by atomic mass is 32.3. The molecular weight excluding hydrogens is 781 g/mol. The first-order valence-corrected chi connectivity index (χ1v) is 19.0. The number of thiazole rings is 1. The number of hydrogen-bond donors (Lipinski definition) is 5. The largest absolute Gasteiger partial charge is 0.489 e. The number of ether oxygens (including phenoxy) is 1. The molecule has 2 atom stereocenters. The second-order valence-electron chi connectivity index (χ2n) is 13.7. The number of β-lactam (4-membered cyclic amide) rings is 1. The van der Waals surface area contributed by atoms with Crippen molar-refractivity contribution in [2.75, 3.05) is 18.9 Å². The van der Waals surface area contributed by atoms with E-state index in [0.717, 1.165) is 22.5 Å². The van der Waals surface area contributed by atoms with Crippen molar-refractivity contribution in [3.63, 3.8) is 0 Å². The Hall–Kier alpha value is -5.76. The average Bonchev–Trinajstić information content (AvgIpc) is 3.90. The molecule has 1 aliphatic rings. The number of nitrogen functional groups attached to an aromatic ring is 1. The van der Waals surface area contributed by atoms with Gasteiger partial charge in [-0.05, 0) is 58.7 Å². The van der Waals surface area contributed by atoms with Gasteiger partial charge < -0.3 is 25.9 Å². The molecule has 302 valence electrons. The number of anilines is 1. The normalized spacial score (nSPS) is 16.2. The molecule has 0 spiro atoms. The number of aryl methyl sites for hydroxylation is 2. The van der Waals surface area contributed by atoms with Crippen LogP contribution in [-0.2, 0) is 52.5 Å². The maximum Gasteiger partial charge on any atom is 0.438 e. The minimum atomic E-state index is -5.01. The first kappa shape index (κ1) is 41.4. The third-order valence-electron chi connectivity index (χ3n) is 7.83. The van der Waals surface area contributed by atoms with Crippen LogP contribution in [0.5, 0.6) is 5.75 Å². The average molecular weight is 822 g/mol. The number of aromatic nitrogens is 7. The first-order chi connectivity index (χ1) is 26.3. The van der Waals surface area contributed by atoms with Gasteiger partial charge in [0.1, 0.15) is 29.7 Å². The van der Waals surface area contributed by atoms with E-state index in [1.165, 1.54) is 19.2 Å². The molecule has 0 aliphatic carbocycles. The van der Waals surface area contributed by atoms with E-state index in [1.807, 2.05) is 40.9 Å². The fraction of sp³-hybridized carbons (Fsp3) is 0.452. The molecule has 1 fully saturated rings. The SMILES string of the molecule is C[n+]1cc(-c2ccc(OC[C@H](O/N=C(\C(=O)N[C@@H]3C(=O)N(OS(=O)(=O)O)C3(C)C)c3csc(N)n3)c3nn[nH]n3)cc2)cn1CCCNC(=O)OOC(C)(C)C. The Kier molecular flexibility index (Phi) is 12.5. The van der Waals surface area contributed by atoms with Crippen LogP contribution in [0.1, 0.15) is 58.7 Å². The number of amides is 3. The summed E-state index contributed by atoms with van der Waals surface area (Å²) in [5.41, 5.74) is 5.25. The molecule has 5 rings (SSSR count). The lowest BCUT2D eigenvalue weighted by molar-refractivity contribution is -0.753. The molecule has 3 aromatic heterocycles. The van der Waals surface area contributed by atoms with E-state index in [0.29, 0.717) is 30.3 Å². The molecule has 56 heavy (non-hydrogen) atoms. The van der Waals surface area contributed by atoms with Crippen LogP contribution in [-0.4, -0.2) is 102 Å². The lowest BCUT2D eigenvalue weighted by atomic mass is 9.84. The van der Waals surface area contributed by atoms with Gasteiger partial charge in [-0.3, -0.25) is 19.0 Å². The molecular formula is C31H41N12O11S2+. The van der Waals surface area contributed by atoms with Gasteiger partial charge in [-0.25, -0.2) is 9.78 Å². The number of nitrogens with one attached hydrogen (secondary N) is 3. The van der Waals surface area contributed by atoms with Crippen LogP contribution in [0, 0.1) is 0 Å². The third-order valence-corrected chi connectivity index (χ3v) is 8.84. The van der Waals surface area contributed by atoms with Crippen molar-refractivity contribution in [2.45, 2.75) is 70.9 Å². The smallest absolute Gasteiger partial charge is 0.438 e. The number of benzene rings is 1. The van der Waals surface area contributed by atoms with Gasteiger partial charge in [0, 0.05) is 11.9 Å². The van der Waals surface area contributed by atoms with Crippen LogP contribution >= 0.6 is 11.3 Å². The highest BCUT2D eigenvalue weighted by molar-refractivity contribution is 7.80. The molecule has 0 radical (unpaired) electrons. The van der Waals surface area contributed by atoms with Gasteiger partial charge in [0.15, 0.2) is 17.9 Å². The summed E-state index contributed by atoms with van der Waals surface area (Å²) in [4.78, 5) is 57.5. The van der Waals surface area contributed by atoms with Gasteiger partial charge in [-0.1, -0.05) is 22.5 Å². The predicted octanol–water partition coefficient (Wildman–Crippen LogP) is 0.759. The van der Waals surface area contributed by atoms with Crippen LogP contribution in [0.4, 0.5) is 9.93 Å². The number of H-pyrrole nitrogens is 1. The van der Waals surface area contributed by atoms with E-state index < -0.39 is 57.3 Å². The molecule has 0 saturated carbocycles. The summed E-state index contributed by atoms with van der Waals surface area (Å²) >= 11 is 1.02. The minimum absolute atomic E-state index is 0.00861. The Morgan fingerprint density at radius 1 is 1.21 bits per heavy atom. The minimum Gasteiger partial charge on any atom is -0.489 e. The van der Waals surface area contributed by atoms with E-state index in [1.54, 1.807) is 32.9 Å². The Morgan fingerprint density at radius 2 is 1.95 bits per heavy atom. The van der Waals surface area contributed by atoms with E-state index in [2.05, 4.69) is 45.7 Å². The standard InChI is InChI=1S/C31H40N12O11S2/c1-30(2,3)53-52-29(46)33-12-7-13-42-15-19(14-41(42)6)18-8-10-20(11-9-18)50-16-22(25-36-39-40-37-25)51-38-23(21-17-55-28(32)34-21)26(44)35-24-27(45)43(31(24,4)5)54-56(47,48)49/h8-11,14-15,17,22,24H,7,12-13,16H2,1-6H3,(H5-,32,33,34,35,36,37,39,40,44,46,47,48,49)/p+1/b38-23-/t22-,24+/m0/s1. The molecule has 4 heterocycles. The second-order valence-corrected chi connectivity index (χ2v) is 15.6. The van der Waals surface area contributed by atoms with Crippen molar-refractivity contribution < 1.29 is 55.7 Å². The van der Waals surface area contributed by atoms with E-state index in [4.69, 9.17) is 29.6 Å². The number of nitrogens with zero attached hydrogens (tertiary/aromatic N) is 8. The first-order valence-electron chi connectivity index (χ1n) is 16.7. The zero-order valence-corrected chi connectivity index (χ0v) is 32.7. The summed E-state index contributed by atoms with van der Waals surface area (Å²) in [6.45, 7) is 8.93. The zero-order valence-electron chi connectivity index (χ0n) is 31.0. The van der Waals surface area contributed by atoms with Crippen molar-refractivity contribution in [3.8, 4) is 16.9 Å². The quantitative estimate of drug-likeness (QED) is 0.0187. The van der Waals surface area contributed by atoms with E-state index in [9.17, 15) is 22.8 Å². The summed E-state index contributed by atoms with van der Waals surface area (Å²) in [5, 5.41) is 24.9. The number of carbonyl (C=O) groups excluding carboxylic acids is 3. The fourth-order valence-corrected chi connectivity index (χ4v) is 6.07. The van der Waals surface area contributed by atoms with Crippen LogP contribution < -0.4 is 25.8 Å². The summed E-state index contributed by atoms with van der Waals surface area (Å²) in [7, 11) is -3.11. The molecule has 3 amide bonds. The van der Waals surface area contributed by atoms with Crippen molar-refractivity contribution in [1.29, 1.82) is 0 Å². The van der Waals surface area contributed by atoms with Crippen LogP contribution in [0.15, 0.2) is 47.2 Å². The third kappa shape index (κ3) is 10.7. The lowest BCUT2D eigenvalue weighted by Gasteiger charge is -2.50. The number of hydrogen-bond acceptors (Lipinski definition) is 17. The maximum atomic E-state index is 13.5. The van der Waals surface area contributed by atoms with Gasteiger partial charge in [0.2, 0.25) is 18.1 Å². The van der Waals surface area contributed by atoms with Gasteiger partial charge in [0.25, 0.3) is 11.8 Å². The highest BCUT2D eigenvalue weighted by Crippen LogP contribution is 2.33. The Morgan fingerprint density at radius 3 is 2.55 bits per heavy atom. The van der Waals surface area contributed by atoms with Crippen molar-refractivity contribution in [2.24, 2.45) is 12.2 Å². The van der Waals surface area contributed by atoms with Crippen LogP contribution in [0.3, 0.4) is 0 Å². The topological polar surface area (TPSA) is 294 Å². The number of hydroxylamine groups is 2. The summed E-state index contributed by atoms with van der Waals surface area (Å²) in [6, 6.07) is 5.95. The number of rotatable bonds is 17. The number of carbonyl (C=O) groups is 3. The van der Waals surface area contributed by atoms with Crippen molar-refractivity contribution >= 4 is 50.5 Å². The molecule has 0 bridgehead atoms. The monoisotopic (exact) mass is 821 g/mol. The Labute approximate surface area is 323 Å². The Balaban J connectivity index is 1.21. The lowest BCUT2D eigenvalue weighted by Crippen LogP contribution is -2.76. The van der Waals surface area contributed by atoms with Crippen LogP contribution in [0.2, 0.25) is 0 Å². The highest BCUT2D eigenvalue weighted by Gasteiger charge is 2.58. The van der Waals surface area contributed by atoms with Gasteiger partial charge >= 0.3 is 16.5 Å². The van der Waals surface area contributed by atoms with Crippen LogP contribution in [0.25, 0.3) is 11.1 Å². The molecule has 1 saturated heterocycles. The van der Waals surface area contributed by atoms with E-state index in [-0.39, 0.29) is 23.3 Å². The van der Waals surface area contributed by atoms with Crippen molar-refractivity contribution in [3.05, 3.63) is 53.6 Å². The zero-order chi connectivity index (χ0) is 40.8. The predicted molar refractivity (Wildman–Crippen MR) is 193 cm³/mol. The molecule has 1 aromatic carbocycles. The van der Waals surface area contributed by atoms with Gasteiger partial charge in [-0.15, -0.1) is 30.5 Å². The van der Waals surface area contributed by atoms with Gasteiger partial charge in [-0.2, -0.15) is 28.3 Å². The number of oxime groups is 1. The molecule has 23 nitrogen and oxygen atoms in total.